The molecule has 0 saturated heterocycles. The average Bonchev–Trinajstić information content (AvgIpc) is 3.48. The van der Waals surface area contributed by atoms with E-state index in [-0.39, 0.29) is 11.6 Å². The minimum atomic E-state index is -2.92. The van der Waals surface area contributed by atoms with Crippen molar-refractivity contribution >= 4 is 12.7 Å². The average molecular weight is 576 g/mol. The molecule has 0 radical (unpaired) electrons. The second-order valence-electron chi connectivity index (χ2n) is 11.5. The third-order valence-corrected chi connectivity index (χ3v) is 7.81. The van der Waals surface area contributed by atoms with Crippen molar-refractivity contribution in [2.45, 2.75) is 80.2 Å². The minimum Gasteiger partial charge on any atom is -0.319 e. The van der Waals surface area contributed by atoms with Gasteiger partial charge < -0.3 is 9.47 Å². The molecule has 0 fully saturated rings. The molecule has 228 valence electrons. The van der Waals surface area contributed by atoms with Gasteiger partial charge in [-0.1, -0.05) is 81.7 Å². The number of aromatic nitrogens is 1. The van der Waals surface area contributed by atoms with Gasteiger partial charge in [0.05, 0.1) is 6.04 Å². The number of benzene rings is 1. The van der Waals surface area contributed by atoms with Crippen LogP contribution in [-0.2, 0) is 5.92 Å². The number of hydrogen-bond acceptors (Lipinski definition) is 2. The van der Waals surface area contributed by atoms with Gasteiger partial charge in [-0.25, -0.2) is 13.8 Å². The number of halogens is 2. The molecule has 0 amide bonds. The highest BCUT2D eigenvalue weighted by Crippen LogP contribution is 2.56. The Hall–Kier alpha value is -3.31. The Balaban J connectivity index is 0.000000317. The van der Waals surface area contributed by atoms with Crippen molar-refractivity contribution in [3.8, 4) is 0 Å². The SMILES string of the molecule is C/C=C\C1=C(/C=C/C)C1(C)CCN(C)CCC.C=C(C)N=c1/c(=C\C)ccc(=C)n1C(C)c1ccccc1C(C)(F)F. The zero-order valence-corrected chi connectivity index (χ0v) is 27.3. The van der Waals surface area contributed by atoms with Gasteiger partial charge in [-0.05, 0) is 96.4 Å². The summed E-state index contributed by atoms with van der Waals surface area (Å²) in [4.78, 5) is 6.97. The standard InChI is InChI=1S/C21H24F2N2.C16H27N/c1-7-17-13-12-15(4)25(20(17)24-14(2)3)16(5)18-10-8-9-11-19(18)21(6,22)23;1-6-9-14-15(10-7-2)16(14,4)11-13-17(5)12-8-3/h7-13,16H,2,4H2,1,3,5-6H3;6-7,9-10H,8,11-13H2,1-5H3/b17-7-,24-20?;9-6-,10-7+. The first kappa shape index (κ1) is 34.9. The molecule has 0 N–H and O–H groups in total. The maximum atomic E-state index is 14.1. The van der Waals surface area contributed by atoms with Gasteiger partial charge in [-0.2, -0.15) is 0 Å². The number of alkyl halides is 2. The lowest BCUT2D eigenvalue weighted by Crippen LogP contribution is -2.44. The van der Waals surface area contributed by atoms with Crippen LogP contribution in [0.2, 0.25) is 0 Å². The van der Waals surface area contributed by atoms with E-state index in [1.54, 1.807) is 25.1 Å². The van der Waals surface area contributed by atoms with Gasteiger partial charge in [-0.3, -0.25) is 0 Å². The van der Waals surface area contributed by atoms with Crippen LogP contribution >= 0.6 is 0 Å². The van der Waals surface area contributed by atoms with E-state index in [1.165, 1.54) is 43.1 Å². The molecule has 0 bridgehead atoms. The first-order valence-corrected chi connectivity index (χ1v) is 15.0. The van der Waals surface area contributed by atoms with E-state index in [4.69, 9.17) is 0 Å². The molecule has 2 atom stereocenters. The maximum Gasteiger partial charge on any atom is 0.270 e. The first-order valence-electron chi connectivity index (χ1n) is 15.0. The molecule has 2 aromatic rings. The van der Waals surface area contributed by atoms with Crippen LogP contribution in [0.15, 0.2) is 89.1 Å². The summed E-state index contributed by atoms with van der Waals surface area (Å²) >= 11 is 0. The largest absolute Gasteiger partial charge is 0.319 e. The third kappa shape index (κ3) is 8.61. The number of rotatable bonds is 11. The second-order valence-corrected chi connectivity index (χ2v) is 11.5. The van der Waals surface area contributed by atoms with Crippen molar-refractivity contribution in [3.63, 3.8) is 0 Å². The van der Waals surface area contributed by atoms with Gasteiger partial charge >= 0.3 is 0 Å². The molecule has 1 aliphatic carbocycles. The van der Waals surface area contributed by atoms with E-state index in [9.17, 15) is 8.78 Å². The van der Waals surface area contributed by atoms with Gasteiger partial charge in [-0.15, -0.1) is 0 Å². The van der Waals surface area contributed by atoms with Crippen LogP contribution in [-0.4, -0.2) is 29.6 Å². The molecule has 0 aliphatic heterocycles. The number of hydrogen-bond donors (Lipinski definition) is 0. The van der Waals surface area contributed by atoms with E-state index in [2.05, 4.69) is 82.1 Å². The zero-order valence-electron chi connectivity index (χ0n) is 27.3. The second kappa shape index (κ2) is 15.2. The predicted molar refractivity (Wildman–Crippen MR) is 177 cm³/mol. The quantitative estimate of drug-likeness (QED) is 0.266. The summed E-state index contributed by atoms with van der Waals surface area (Å²) in [5, 5.41) is 1.61. The molecule has 0 saturated carbocycles. The van der Waals surface area contributed by atoms with Crippen LogP contribution in [0.1, 0.15) is 85.4 Å². The number of nitrogens with zero attached hydrogens (tertiary/aromatic N) is 3. The topological polar surface area (TPSA) is 20.5 Å². The number of allylic oxidation sites excluding steroid dienone is 7. The summed E-state index contributed by atoms with van der Waals surface area (Å²) in [6.45, 7) is 25.7. The highest BCUT2D eigenvalue weighted by atomic mass is 19.3. The van der Waals surface area contributed by atoms with Gasteiger partial charge in [0, 0.05) is 34.2 Å². The van der Waals surface area contributed by atoms with Gasteiger partial charge in [0.1, 0.15) is 5.49 Å². The molecule has 1 heterocycles. The van der Waals surface area contributed by atoms with E-state index < -0.39 is 5.92 Å². The van der Waals surface area contributed by atoms with Crippen molar-refractivity contribution in [2.24, 2.45) is 10.4 Å². The Morgan fingerprint density at radius 2 is 1.67 bits per heavy atom. The summed E-state index contributed by atoms with van der Waals surface area (Å²) in [7, 11) is 2.22. The van der Waals surface area contributed by atoms with E-state index in [0.717, 1.165) is 12.1 Å². The summed E-state index contributed by atoms with van der Waals surface area (Å²) in [6.07, 6.45) is 13.3. The van der Waals surface area contributed by atoms with Crippen LogP contribution in [0.25, 0.3) is 12.7 Å². The Kier molecular flexibility index (Phi) is 12.7. The van der Waals surface area contributed by atoms with Crippen LogP contribution in [0.4, 0.5) is 8.78 Å². The molecule has 42 heavy (non-hydrogen) atoms. The molecule has 1 aromatic carbocycles. The highest BCUT2D eigenvalue weighted by molar-refractivity contribution is 5.60. The molecule has 3 nitrogen and oxygen atoms in total. The molecule has 5 heteroatoms. The normalized spacial score (nSPS) is 18.7. The molecule has 3 rings (SSSR count). The lowest BCUT2D eigenvalue weighted by Gasteiger charge is -2.23. The lowest BCUT2D eigenvalue weighted by atomic mass is 9.95. The Bertz CT molecular complexity index is 1480. The Morgan fingerprint density at radius 1 is 1.07 bits per heavy atom. The van der Waals surface area contributed by atoms with E-state index in [1.807, 2.05) is 36.6 Å². The number of pyridine rings is 1. The van der Waals surface area contributed by atoms with Crippen LogP contribution in [0, 0.1) is 5.41 Å². The lowest BCUT2D eigenvalue weighted by molar-refractivity contribution is 0.0161. The summed E-state index contributed by atoms with van der Waals surface area (Å²) < 4.78 is 30.0. The molecule has 1 aromatic heterocycles. The van der Waals surface area contributed by atoms with E-state index in [0.29, 0.717) is 27.5 Å². The van der Waals surface area contributed by atoms with Crippen molar-refractivity contribution < 1.29 is 8.78 Å². The molecular weight excluding hydrogens is 524 g/mol. The minimum absolute atomic E-state index is 0.0153. The summed E-state index contributed by atoms with van der Waals surface area (Å²) in [6, 6.07) is 10.1. The van der Waals surface area contributed by atoms with E-state index >= 15 is 0 Å². The monoisotopic (exact) mass is 575 g/mol. The van der Waals surface area contributed by atoms with Crippen molar-refractivity contribution in [2.75, 3.05) is 20.1 Å². The summed E-state index contributed by atoms with van der Waals surface area (Å²) in [5.41, 5.74) is 5.28. The van der Waals surface area contributed by atoms with Crippen molar-refractivity contribution in [1.29, 1.82) is 0 Å². The first-order chi connectivity index (χ1) is 19.8. The zero-order chi connectivity index (χ0) is 31.7. The molecule has 2 unspecified atom stereocenters. The highest BCUT2D eigenvalue weighted by Gasteiger charge is 2.45. The molecular formula is C37H51F2N3. The van der Waals surface area contributed by atoms with Crippen LogP contribution in [0.3, 0.4) is 0 Å². The van der Waals surface area contributed by atoms with Crippen molar-refractivity contribution in [1.82, 2.24) is 9.47 Å². The predicted octanol–water partition coefficient (Wildman–Crippen LogP) is 8.04. The van der Waals surface area contributed by atoms with Gasteiger partial charge in [0.25, 0.3) is 5.92 Å². The smallest absolute Gasteiger partial charge is 0.270 e. The fourth-order valence-corrected chi connectivity index (χ4v) is 5.50. The van der Waals surface area contributed by atoms with Crippen LogP contribution in [0.5, 0.6) is 0 Å². The maximum absolute atomic E-state index is 14.1. The van der Waals surface area contributed by atoms with Gasteiger partial charge in [0.2, 0.25) is 0 Å². The molecule has 0 spiro atoms. The Morgan fingerprint density at radius 3 is 2.17 bits per heavy atom. The third-order valence-electron chi connectivity index (χ3n) is 7.81. The fraction of sp³-hybridized carbons (Fsp3) is 0.432. The Labute approximate surface area is 252 Å². The molecule has 1 aliphatic rings. The van der Waals surface area contributed by atoms with Gasteiger partial charge in [0.15, 0.2) is 0 Å². The van der Waals surface area contributed by atoms with Crippen molar-refractivity contribution in [3.05, 3.63) is 111 Å². The van der Waals surface area contributed by atoms with Crippen LogP contribution < -0.4 is 16.1 Å². The fourth-order valence-electron chi connectivity index (χ4n) is 5.50. The summed E-state index contributed by atoms with van der Waals surface area (Å²) in [5.74, 6) is -2.92.